The maximum absolute atomic E-state index is 6.14. The Morgan fingerprint density at radius 2 is 1.70 bits per heavy atom. The third-order valence-electron chi connectivity index (χ3n) is 4.40. The minimum Gasteiger partial charge on any atom is -0.458 e. The highest BCUT2D eigenvalue weighted by Crippen LogP contribution is 2.33. The fourth-order valence-electron chi connectivity index (χ4n) is 3.38. The molecule has 110 valence electrons. The van der Waals surface area contributed by atoms with Crippen molar-refractivity contribution in [2.45, 2.75) is 6.92 Å². The number of fused-ring (bicyclic) bond motifs is 4. The zero-order chi connectivity index (χ0) is 15.6. The maximum Gasteiger partial charge on any atom is 0.262 e. The van der Waals surface area contributed by atoms with Crippen LogP contribution in [0, 0.1) is 6.92 Å². The minimum absolute atomic E-state index is 0.0547. The lowest BCUT2D eigenvalue weighted by Gasteiger charge is -2.32. The third kappa shape index (κ3) is 1.82. The van der Waals surface area contributed by atoms with Crippen LogP contribution in [0.2, 0.25) is 5.02 Å². The lowest BCUT2D eigenvalue weighted by atomic mass is 9.35. The van der Waals surface area contributed by atoms with Crippen molar-refractivity contribution < 1.29 is 9.47 Å². The molecule has 5 heteroatoms. The van der Waals surface area contributed by atoms with Gasteiger partial charge in [0.1, 0.15) is 17.2 Å². The summed E-state index contributed by atoms with van der Waals surface area (Å²) in [6.45, 7) is 2.11. The average molecular weight is 320 g/mol. The third-order valence-corrected chi connectivity index (χ3v) is 4.63. The van der Waals surface area contributed by atoms with E-state index < -0.39 is 0 Å². The van der Waals surface area contributed by atoms with Crippen molar-refractivity contribution in [1.82, 2.24) is 4.98 Å². The normalized spacial score (nSPS) is 13.4. The molecule has 0 saturated heterocycles. The zero-order valence-electron chi connectivity index (χ0n) is 12.3. The number of aromatic nitrogens is 1. The molecule has 0 N–H and O–H groups in total. The smallest absolute Gasteiger partial charge is 0.262 e. The summed E-state index contributed by atoms with van der Waals surface area (Å²) in [7, 11) is 0. The maximum atomic E-state index is 6.14. The summed E-state index contributed by atoms with van der Waals surface area (Å²) in [6.07, 6.45) is 1.71. The minimum atomic E-state index is 0.0547. The number of hydrogen-bond donors (Lipinski definition) is 0. The summed E-state index contributed by atoms with van der Waals surface area (Å²) < 4.78 is 12.1. The van der Waals surface area contributed by atoms with Crippen molar-refractivity contribution in [2.24, 2.45) is 0 Å². The van der Waals surface area contributed by atoms with Crippen LogP contribution in [0.4, 0.5) is 0 Å². The van der Waals surface area contributed by atoms with Gasteiger partial charge in [-0.2, -0.15) is 0 Å². The van der Waals surface area contributed by atoms with Crippen molar-refractivity contribution in [1.29, 1.82) is 0 Å². The van der Waals surface area contributed by atoms with Crippen molar-refractivity contribution in [3.8, 4) is 23.1 Å². The number of pyridine rings is 1. The molecule has 3 heterocycles. The van der Waals surface area contributed by atoms with E-state index in [1.807, 2.05) is 24.3 Å². The van der Waals surface area contributed by atoms with Gasteiger partial charge in [-0.3, -0.25) is 0 Å². The number of ether oxygens (including phenoxy) is 2. The second kappa shape index (κ2) is 4.52. The van der Waals surface area contributed by atoms with Gasteiger partial charge in [-0.05, 0) is 47.7 Å². The Labute approximate surface area is 138 Å². The van der Waals surface area contributed by atoms with E-state index in [2.05, 4.69) is 30.1 Å². The first-order valence-corrected chi connectivity index (χ1v) is 7.83. The largest absolute Gasteiger partial charge is 0.458 e. The molecule has 0 radical (unpaired) electrons. The molecule has 2 aliphatic rings. The Hall–Kier alpha value is -2.46. The molecule has 2 aliphatic heterocycles. The van der Waals surface area contributed by atoms with E-state index in [1.54, 1.807) is 6.20 Å². The van der Waals surface area contributed by atoms with Crippen LogP contribution in [0.5, 0.6) is 23.1 Å². The van der Waals surface area contributed by atoms with Crippen LogP contribution in [0.15, 0.2) is 48.7 Å². The summed E-state index contributed by atoms with van der Waals surface area (Å²) in [5, 5.41) is 0.665. The van der Waals surface area contributed by atoms with Gasteiger partial charge in [0.15, 0.2) is 0 Å². The van der Waals surface area contributed by atoms with Gasteiger partial charge in [0, 0.05) is 16.7 Å². The molecule has 3 aromatic rings. The molecule has 0 atom stereocenters. The zero-order valence-corrected chi connectivity index (χ0v) is 13.1. The quantitative estimate of drug-likeness (QED) is 0.411. The SMILES string of the molecule is Cc1ccc2c(c1)Oc1nccc3c1B2c1ccc(Cl)cc1O3. The molecular formula is C18H11BClNO2. The topological polar surface area (TPSA) is 31.4 Å². The average Bonchev–Trinajstić information content (AvgIpc) is 2.54. The van der Waals surface area contributed by atoms with Gasteiger partial charge in [0.05, 0.1) is 0 Å². The van der Waals surface area contributed by atoms with Gasteiger partial charge < -0.3 is 9.47 Å². The van der Waals surface area contributed by atoms with Crippen LogP contribution in [0.1, 0.15) is 5.56 Å². The van der Waals surface area contributed by atoms with Crippen LogP contribution in [0.3, 0.4) is 0 Å². The highest BCUT2D eigenvalue weighted by atomic mass is 35.5. The molecule has 0 spiro atoms. The summed E-state index contributed by atoms with van der Waals surface area (Å²) >= 11 is 6.14. The van der Waals surface area contributed by atoms with Gasteiger partial charge in [-0.25, -0.2) is 4.98 Å². The van der Waals surface area contributed by atoms with E-state index in [0.717, 1.165) is 39.2 Å². The lowest BCUT2D eigenvalue weighted by molar-refractivity contribution is 0.450. The van der Waals surface area contributed by atoms with Crippen LogP contribution in [-0.2, 0) is 0 Å². The van der Waals surface area contributed by atoms with E-state index in [9.17, 15) is 0 Å². The second-order valence-electron chi connectivity index (χ2n) is 5.89. The second-order valence-corrected chi connectivity index (χ2v) is 6.32. The molecule has 5 rings (SSSR count). The molecule has 0 fully saturated rings. The molecule has 23 heavy (non-hydrogen) atoms. The molecule has 0 aliphatic carbocycles. The van der Waals surface area contributed by atoms with Crippen molar-refractivity contribution >= 4 is 34.7 Å². The Balaban J connectivity index is 1.84. The number of nitrogens with zero attached hydrogens (tertiary/aromatic N) is 1. The van der Waals surface area contributed by atoms with E-state index in [4.69, 9.17) is 21.1 Å². The van der Waals surface area contributed by atoms with Gasteiger partial charge in [-0.15, -0.1) is 0 Å². The molecule has 1 aromatic heterocycles. The Kier molecular flexibility index (Phi) is 2.56. The van der Waals surface area contributed by atoms with Gasteiger partial charge in [0.2, 0.25) is 5.88 Å². The number of rotatable bonds is 0. The van der Waals surface area contributed by atoms with E-state index >= 15 is 0 Å². The van der Waals surface area contributed by atoms with Gasteiger partial charge in [-0.1, -0.05) is 29.8 Å². The predicted molar refractivity (Wildman–Crippen MR) is 91.7 cm³/mol. The fraction of sp³-hybridized carbons (Fsp3) is 0.0556. The molecule has 0 amide bonds. The summed E-state index contributed by atoms with van der Waals surface area (Å²) in [5.41, 5.74) is 4.36. The van der Waals surface area contributed by atoms with Crippen LogP contribution in [0.25, 0.3) is 0 Å². The first kappa shape index (κ1) is 13.0. The monoisotopic (exact) mass is 319 g/mol. The van der Waals surface area contributed by atoms with Crippen molar-refractivity contribution in [3.05, 3.63) is 59.2 Å². The Morgan fingerprint density at radius 1 is 0.913 bits per heavy atom. The van der Waals surface area contributed by atoms with Gasteiger partial charge >= 0.3 is 0 Å². The first-order valence-electron chi connectivity index (χ1n) is 7.45. The van der Waals surface area contributed by atoms with Crippen molar-refractivity contribution in [3.63, 3.8) is 0 Å². The number of hydrogen-bond acceptors (Lipinski definition) is 3. The van der Waals surface area contributed by atoms with Gasteiger partial charge in [0.25, 0.3) is 6.71 Å². The van der Waals surface area contributed by atoms with E-state index in [1.165, 1.54) is 0 Å². The Morgan fingerprint density at radius 3 is 2.57 bits per heavy atom. The number of halogens is 1. The van der Waals surface area contributed by atoms with Crippen molar-refractivity contribution in [2.75, 3.05) is 0 Å². The molecule has 0 bridgehead atoms. The molecule has 3 nitrogen and oxygen atoms in total. The Bertz CT molecular complexity index is 899. The van der Waals surface area contributed by atoms with Crippen LogP contribution < -0.4 is 25.9 Å². The summed E-state index contributed by atoms with van der Waals surface area (Å²) in [4.78, 5) is 4.40. The first-order chi connectivity index (χ1) is 11.2. The van der Waals surface area contributed by atoms with Crippen LogP contribution in [-0.4, -0.2) is 11.7 Å². The number of aryl methyl sites for hydroxylation is 1. The van der Waals surface area contributed by atoms with E-state index in [-0.39, 0.29) is 6.71 Å². The molecule has 0 saturated carbocycles. The summed E-state index contributed by atoms with van der Waals surface area (Å²) in [6, 6.07) is 13.9. The summed E-state index contributed by atoms with van der Waals surface area (Å²) in [5.74, 6) is 3.04. The van der Waals surface area contributed by atoms with Crippen LogP contribution >= 0.6 is 11.6 Å². The fourth-order valence-corrected chi connectivity index (χ4v) is 3.54. The van der Waals surface area contributed by atoms with E-state index in [0.29, 0.717) is 10.9 Å². The lowest BCUT2D eigenvalue weighted by Crippen LogP contribution is -2.57. The number of benzene rings is 2. The standard InChI is InChI=1S/C18H11BClNO2/c1-10-2-4-12-15(8-10)23-18-17-14(6-7-21-18)22-16-9-11(20)3-5-13(16)19(12)17/h2-9H,1H3. The molecule has 2 aromatic carbocycles. The highest BCUT2D eigenvalue weighted by molar-refractivity contribution is 6.98. The molecular weight excluding hydrogens is 308 g/mol. The highest BCUT2D eigenvalue weighted by Gasteiger charge is 2.40. The molecule has 0 unspecified atom stereocenters. The predicted octanol–water partition coefficient (Wildman–Crippen LogP) is 2.77.